The van der Waals surface area contributed by atoms with Crippen molar-refractivity contribution in [1.29, 1.82) is 0 Å². The molecule has 2 aromatic heterocycles. The van der Waals surface area contributed by atoms with Crippen LogP contribution in [0.5, 0.6) is 0 Å². The molecule has 0 amide bonds. The number of hydrogen-bond acceptors (Lipinski definition) is 4. The fourth-order valence-corrected chi connectivity index (χ4v) is 1.96. The van der Waals surface area contributed by atoms with Crippen molar-refractivity contribution in [2.24, 2.45) is 0 Å². The minimum absolute atomic E-state index is 0.0883. The third kappa shape index (κ3) is 2.16. The van der Waals surface area contributed by atoms with Crippen LogP contribution < -0.4 is 4.72 Å². The van der Waals surface area contributed by atoms with Crippen molar-refractivity contribution in [2.45, 2.75) is 5.03 Å². The summed E-state index contributed by atoms with van der Waals surface area (Å²) in [5.74, 6) is -0.848. The van der Waals surface area contributed by atoms with Crippen LogP contribution in [0.15, 0.2) is 35.5 Å². The molecule has 2 rings (SSSR count). The predicted molar refractivity (Wildman–Crippen MR) is 53.6 cm³/mol. The topological polar surface area (TPSA) is 87.7 Å². The van der Waals surface area contributed by atoms with Crippen LogP contribution in [0.1, 0.15) is 0 Å². The molecule has 2 heterocycles. The third-order valence-corrected chi connectivity index (χ3v) is 3.00. The molecule has 6 nitrogen and oxygen atoms in total. The van der Waals surface area contributed by atoms with Crippen LogP contribution in [-0.4, -0.2) is 23.6 Å². The largest absolute Gasteiger partial charge is 0.279 e. The fraction of sp³-hybridized carbons (Fsp3) is 0. The maximum Gasteiger partial charge on any atom is 0.279 e. The number of nitrogens with one attached hydrogen (secondary N) is 2. The van der Waals surface area contributed by atoms with Crippen LogP contribution in [0.4, 0.5) is 10.2 Å². The highest BCUT2D eigenvalue weighted by Crippen LogP contribution is 2.11. The summed E-state index contributed by atoms with van der Waals surface area (Å²) in [5, 5.41) is 5.69. The molecule has 0 bridgehead atoms. The molecule has 0 aromatic carbocycles. The van der Waals surface area contributed by atoms with Crippen LogP contribution in [0.25, 0.3) is 0 Å². The number of aromatic amines is 1. The smallest absolute Gasteiger partial charge is 0.266 e. The van der Waals surface area contributed by atoms with Crippen LogP contribution in [0.2, 0.25) is 0 Å². The average molecular weight is 242 g/mol. The van der Waals surface area contributed by atoms with Gasteiger partial charge in [0.1, 0.15) is 5.82 Å². The highest BCUT2D eigenvalue weighted by molar-refractivity contribution is 7.92. The first-order valence-corrected chi connectivity index (χ1v) is 5.71. The summed E-state index contributed by atoms with van der Waals surface area (Å²) in [6.07, 6.45) is 1.30. The van der Waals surface area contributed by atoms with E-state index in [9.17, 15) is 12.8 Å². The Morgan fingerprint density at radius 1 is 1.31 bits per heavy atom. The molecule has 8 heteroatoms. The second kappa shape index (κ2) is 3.89. The summed E-state index contributed by atoms with van der Waals surface area (Å²) in [5.41, 5.74) is 0. The second-order valence-electron chi connectivity index (χ2n) is 2.87. The summed E-state index contributed by atoms with van der Waals surface area (Å²) in [7, 11) is -3.78. The average Bonchev–Trinajstić information content (AvgIpc) is 2.69. The van der Waals surface area contributed by atoms with E-state index in [0.29, 0.717) is 0 Å². The van der Waals surface area contributed by atoms with Gasteiger partial charge in [-0.05, 0) is 18.2 Å². The third-order valence-electron chi connectivity index (χ3n) is 1.72. The van der Waals surface area contributed by atoms with Crippen molar-refractivity contribution in [2.75, 3.05) is 4.72 Å². The molecule has 2 aromatic rings. The van der Waals surface area contributed by atoms with Crippen LogP contribution in [0.3, 0.4) is 0 Å². The Hall–Kier alpha value is -1.96. The summed E-state index contributed by atoms with van der Waals surface area (Å²) in [4.78, 5) is 3.38. The predicted octanol–water partition coefficient (Wildman–Crippen LogP) is 0.745. The SMILES string of the molecule is O=S(=O)(Nc1cccc(F)n1)c1ccn[nH]1. The lowest BCUT2D eigenvalue weighted by molar-refractivity contribution is 0.584. The first-order valence-electron chi connectivity index (χ1n) is 4.23. The number of pyridine rings is 1. The maximum absolute atomic E-state index is 12.7. The number of H-pyrrole nitrogens is 1. The molecule has 0 saturated heterocycles. The van der Waals surface area contributed by atoms with E-state index in [4.69, 9.17) is 0 Å². The quantitative estimate of drug-likeness (QED) is 0.777. The number of anilines is 1. The van der Waals surface area contributed by atoms with Gasteiger partial charge < -0.3 is 0 Å². The molecule has 0 atom stereocenters. The van der Waals surface area contributed by atoms with E-state index in [1.807, 2.05) is 0 Å². The van der Waals surface area contributed by atoms with Crippen molar-refractivity contribution >= 4 is 15.8 Å². The standard InChI is InChI=1S/C8H7FN4O2S/c9-6-2-1-3-7(11-6)13-16(14,15)8-4-5-10-12-8/h1-5H,(H,10,12)(H,11,13). The molecule has 0 unspecified atom stereocenters. The van der Waals surface area contributed by atoms with E-state index >= 15 is 0 Å². The minimum atomic E-state index is -3.78. The number of halogens is 1. The van der Waals surface area contributed by atoms with E-state index in [0.717, 1.165) is 6.07 Å². The van der Waals surface area contributed by atoms with Gasteiger partial charge in [0, 0.05) is 0 Å². The summed E-state index contributed by atoms with van der Waals surface area (Å²) >= 11 is 0. The zero-order chi connectivity index (χ0) is 11.6. The lowest BCUT2D eigenvalue weighted by atomic mass is 10.5. The Balaban J connectivity index is 2.29. The van der Waals surface area contributed by atoms with Crippen LogP contribution in [0, 0.1) is 5.95 Å². The first kappa shape index (κ1) is 10.6. The molecule has 0 aliphatic heterocycles. The van der Waals surface area contributed by atoms with Gasteiger partial charge in [0.05, 0.1) is 6.20 Å². The molecule has 0 aliphatic carbocycles. The Kier molecular flexibility index (Phi) is 2.57. The normalized spacial score (nSPS) is 11.3. The van der Waals surface area contributed by atoms with Gasteiger partial charge in [-0.1, -0.05) is 6.07 Å². The van der Waals surface area contributed by atoms with E-state index in [1.54, 1.807) is 0 Å². The van der Waals surface area contributed by atoms with Crippen molar-refractivity contribution in [3.8, 4) is 0 Å². The second-order valence-corrected chi connectivity index (χ2v) is 4.52. The molecular weight excluding hydrogens is 235 g/mol. The summed E-state index contributed by atoms with van der Waals surface area (Å²) in [6.45, 7) is 0. The Morgan fingerprint density at radius 3 is 2.75 bits per heavy atom. The Morgan fingerprint density at radius 2 is 2.12 bits per heavy atom. The van der Waals surface area contributed by atoms with E-state index in [-0.39, 0.29) is 10.8 Å². The van der Waals surface area contributed by atoms with Gasteiger partial charge in [-0.25, -0.2) is 4.98 Å². The minimum Gasteiger partial charge on any atom is -0.266 e. The van der Waals surface area contributed by atoms with Gasteiger partial charge in [0.15, 0.2) is 5.03 Å². The van der Waals surface area contributed by atoms with E-state index < -0.39 is 16.0 Å². The van der Waals surface area contributed by atoms with Crippen molar-refractivity contribution in [1.82, 2.24) is 15.2 Å². The molecule has 0 radical (unpaired) electrons. The van der Waals surface area contributed by atoms with Gasteiger partial charge >= 0.3 is 0 Å². The molecular formula is C8H7FN4O2S. The molecule has 0 aliphatic rings. The maximum atomic E-state index is 12.7. The highest BCUT2D eigenvalue weighted by Gasteiger charge is 2.16. The number of hydrogen-bond donors (Lipinski definition) is 2. The lowest BCUT2D eigenvalue weighted by Crippen LogP contribution is -2.14. The highest BCUT2D eigenvalue weighted by atomic mass is 32.2. The molecule has 84 valence electrons. The van der Waals surface area contributed by atoms with Gasteiger partial charge in [0.2, 0.25) is 5.95 Å². The number of aromatic nitrogens is 3. The molecule has 0 spiro atoms. The summed E-state index contributed by atoms with van der Waals surface area (Å²) < 4.78 is 38.1. The van der Waals surface area contributed by atoms with Gasteiger partial charge in [-0.2, -0.15) is 17.9 Å². The zero-order valence-electron chi connectivity index (χ0n) is 7.88. The Labute approximate surface area is 90.6 Å². The van der Waals surface area contributed by atoms with Gasteiger partial charge in [-0.3, -0.25) is 9.82 Å². The fourth-order valence-electron chi connectivity index (χ4n) is 1.05. The van der Waals surface area contributed by atoms with Gasteiger partial charge in [-0.15, -0.1) is 0 Å². The molecule has 2 N–H and O–H groups in total. The van der Waals surface area contributed by atoms with Crippen molar-refractivity contribution in [3.63, 3.8) is 0 Å². The van der Waals surface area contributed by atoms with E-state index in [2.05, 4.69) is 19.9 Å². The van der Waals surface area contributed by atoms with Crippen molar-refractivity contribution in [3.05, 3.63) is 36.4 Å². The molecule has 16 heavy (non-hydrogen) atoms. The summed E-state index contributed by atoms with van der Waals surface area (Å²) in [6, 6.07) is 5.10. The zero-order valence-corrected chi connectivity index (χ0v) is 8.70. The van der Waals surface area contributed by atoms with E-state index in [1.165, 1.54) is 24.4 Å². The Bertz CT molecular complexity index is 582. The van der Waals surface area contributed by atoms with Gasteiger partial charge in [0.25, 0.3) is 10.0 Å². The van der Waals surface area contributed by atoms with Crippen LogP contribution >= 0.6 is 0 Å². The number of sulfonamides is 1. The lowest BCUT2D eigenvalue weighted by Gasteiger charge is -2.04. The monoisotopic (exact) mass is 242 g/mol. The number of nitrogens with zero attached hydrogens (tertiary/aromatic N) is 2. The first-order chi connectivity index (χ1) is 7.58. The number of rotatable bonds is 3. The molecule has 0 fully saturated rings. The molecule has 0 saturated carbocycles. The van der Waals surface area contributed by atoms with Crippen LogP contribution in [-0.2, 0) is 10.0 Å². The van der Waals surface area contributed by atoms with Crippen molar-refractivity contribution < 1.29 is 12.8 Å².